The van der Waals surface area contributed by atoms with Crippen LogP contribution in [-0.4, -0.2) is 0 Å². The quantitative estimate of drug-likeness (QED) is 0.357. The third-order valence-corrected chi connectivity index (χ3v) is 2.89. The minimum atomic E-state index is 0. The first-order chi connectivity index (χ1) is 8.90. The van der Waals surface area contributed by atoms with Crippen LogP contribution in [0.25, 0.3) is 10.8 Å². The fourth-order valence-electron chi connectivity index (χ4n) is 1.91. The monoisotopic (exact) mass is 312 g/mol. The van der Waals surface area contributed by atoms with Gasteiger partial charge in [0.05, 0.1) is 0 Å². The average molecular weight is 312 g/mol. The van der Waals surface area contributed by atoms with Crippen LogP contribution in [0.4, 0.5) is 0 Å². The molecule has 0 saturated carbocycles. The summed E-state index contributed by atoms with van der Waals surface area (Å²) in [6.45, 7) is 2.04. The zero-order valence-corrected chi connectivity index (χ0v) is 14.8. The number of benzene rings is 1. The fraction of sp³-hybridized carbons (Fsp3) is 0.150. The number of hydrogen-bond donors (Lipinski definition) is 0. The minimum absolute atomic E-state index is 0. The molecule has 108 valence electrons. The third-order valence-electron chi connectivity index (χ3n) is 2.89. The second kappa shape index (κ2) is 12.5. The molecule has 3 rings (SSSR count). The Morgan fingerprint density at radius 1 is 1.19 bits per heavy atom. The topological polar surface area (TPSA) is 0 Å². The molecular formula is C20H24Ti. The van der Waals surface area contributed by atoms with Crippen LogP contribution in [0.5, 0.6) is 0 Å². The molecule has 1 heteroatoms. The van der Waals surface area contributed by atoms with Gasteiger partial charge in [-0.1, -0.05) is 18.2 Å². The average Bonchev–Trinajstić information content (AvgIpc) is 3.08. The van der Waals surface area contributed by atoms with Crippen molar-refractivity contribution in [2.45, 2.75) is 19.8 Å². The van der Waals surface area contributed by atoms with Crippen molar-refractivity contribution < 1.29 is 21.7 Å². The maximum absolute atomic E-state index is 3.25. The molecule has 0 atom stereocenters. The Kier molecular flexibility index (Phi) is 13.1. The predicted octanol–water partition coefficient (Wildman–Crippen LogP) is 6.10. The molecule has 0 aromatic heterocycles. The van der Waals surface area contributed by atoms with E-state index in [4.69, 9.17) is 0 Å². The van der Waals surface area contributed by atoms with Crippen molar-refractivity contribution in [2.24, 2.45) is 0 Å². The molecule has 0 heterocycles. The second-order valence-electron chi connectivity index (χ2n) is 4.24. The normalized spacial score (nSPS) is 11.8. The summed E-state index contributed by atoms with van der Waals surface area (Å²) in [6.07, 6.45) is 13.8. The van der Waals surface area contributed by atoms with E-state index in [1.54, 1.807) is 0 Å². The van der Waals surface area contributed by atoms with Gasteiger partial charge in [-0.05, 0) is 13.3 Å². The smallest absolute Gasteiger partial charge is 0.358 e. The summed E-state index contributed by atoms with van der Waals surface area (Å²) in [6, 6.07) is 14.7. The predicted molar refractivity (Wildman–Crippen MR) is 92.3 cm³/mol. The zero-order chi connectivity index (χ0) is 12.6. The fourth-order valence-corrected chi connectivity index (χ4v) is 1.91. The molecule has 0 saturated heterocycles. The van der Waals surface area contributed by atoms with Crippen LogP contribution in [-0.2, 0) is 21.7 Å². The molecule has 0 aliphatic heterocycles. The second-order valence-corrected chi connectivity index (χ2v) is 4.24. The van der Waals surface area contributed by atoms with E-state index in [9.17, 15) is 0 Å². The van der Waals surface area contributed by atoms with Gasteiger partial charge in [0.2, 0.25) is 0 Å². The van der Waals surface area contributed by atoms with Crippen LogP contribution in [0.1, 0.15) is 19.8 Å². The zero-order valence-electron chi connectivity index (χ0n) is 13.3. The van der Waals surface area contributed by atoms with E-state index < -0.39 is 0 Å². The van der Waals surface area contributed by atoms with Crippen molar-refractivity contribution in [3.8, 4) is 0 Å². The van der Waals surface area contributed by atoms with Gasteiger partial charge in [-0.3, -0.25) is 6.08 Å². The largest absolute Gasteiger partial charge is 4.00 e. The molecule has 0 amide bonds. The van der Waals surface area contributed by atoms with Gasteiger partial charge in [0.15, 0.2) is 0 Å². The molecule has 21 heavy (non-hydrogen) atoms. The van der Waals surface area contributed by atoms with Crippen molar-refractivity contribution in [1.29, 1.82) is 0 Å². The Morgan fingerprint density at radius 3 is 2.57 bits per heavy atom. The first-order valence-corrected chi connectivity index (χ1v) is 6.38. The Hall–Kier alpha value is -1.24. The number of fused-ring (bicyclic) bond motifs is 1. The first-order valence-electron chi connectivity index (χ1n) is 6.38. The van der Waals surface area contributed by atoms with Crippen LogP contribution in [0, 0.1) is 20.9 Å². The van der Waals surface area contributed by atoms with Crippen LogP contribution in [0.2, 0.25) is 0 Å². The van der Waals surface area contributed by atoms with E-state index in [1.807, 2.05) is 6.92 Å². The van der Waals surface area contributed by atoms with E-state index >= 15 is 0 Å². The van der Waals surface area contributed by atoms with Gasteiger partial charge in [0.25, 0.3) is 0 Å². The summed E-state index contributed by atoms with van der Waals surface area (Å²) in [4.78, 5) is 0. The summed E-state index contributed by atoms with van der Waals surface area (Å²) >= 11 is 0. The summed E-state index contributed by atoms with van der Waals surface area (Å²) in [5.74, 6) is 0. The standard InChI is InChI=1S/C9H7.C9H11.2CH3.Ti/c1-2-5-9-7-3-6-8(9)4-1;1-2-3-6-9-7-4-5-8-9;;;/h1-7H;2-4,7H,5-6H2,1H3;2*1H3;/q4*-1;+4. The number of hydrogen-bond acceptors (Lipinski definition) is 0. The van der Waals surface area contributed by atoms with Gasteiger partial charge in [-0.2, -0.15) is 23.6 Å². The van der Waals surface area contributed by atoms with Crippen LogP contribution in [0.15, 0.2) is 72.3 Å². The molecule has 0 bridgehead atoms. The van der Waals surface area contributed by atoms with E-state index in [-0.39, 0.29) is 36.6 Å². The molecular weight excluding hydrogens is 288 g/mol. The summed E-state index contributed by atoms with van der Waals surface area (Å²) in [5.41, 5.74) is 1.33. The van der Waals surface area contributed by atoms with Gasteiger partial charge >= 0.3 is 21.7 Å². The van der Waals surface area contributed by atoms with Crippen molar-refractivity contribution in [1.82, 2.24) is 0 Å². The molecule has 1 aliphatic carbocycles. The summed E-state index contributed by atoms with van der Waals surface area (Å²) < 4.78 is 0. The van der Waals surface area contributed by atoms with Gasteiger partial charge in [-0.15, -0.1) is 36.1 Å². The third kappa shape index (κ3) is 7.36. The molecule has 2 aromatic carbocycles. The van der Waals surface area contributed by atoms with E-state index in [1.165, 1.54) is 16.3 Å². The van der Waals surface area contributed by atoms with Crippen molar-refractivity contribution in [3.63, 3.8) is 0 Å². The van der Waals surface area contributed by atoms with E-state index in [2.05, 4.69) is 72.8 Å². The Morgan fingerprint density at radius 2 is 1.95 bits per heavy atom. The van der Waals surface area contributed by atoms with Crippen LogP contribution >= 0.6 is 0 Å². The molecule has 0 unspecified atom stereocenters. The van der Waals surface area contributed by atoms with Gasteiger partial charge in [0.1, 0.15) is 0 Å². The van der Waals surface area contributed by atoms with Crippen molar-refractivity contribution >= 4 is 10.8 Å². The van der Waals surface area contributed by atoms with Gasteiger partial charge in [-0.25, -0.2) is 11.6 Å². The molecule has 0 radical (unpaired) electrons. The Balaban J connectivity index is 0. The first kappa shape index (κ1) is 22.1. The van der Waals surface area contributed by atoms with E-state index in [0.717, 1.165) is 12.8 Å². The SMILES string of the molecule is CC=CCC1=[C-]CC=C1.[CH3-].[CH3-].[Ti+4].c1ccc2[cH-]ccc2c1. The summed E-state index contributed by atoms with van der Waals surface area (Å²) in [7, 11) is 0. The van der Waals surface area contributed by atoms with Crippen LogP contribution in [0.3, 0.4) is 0 Å². The molecule has 0 spiro atoms. The Bertz CT molecular complexity index is 540. The Labute approximate surface area is 145 Å². The summed E-state index contributed by atoms with van der Waals surface area (Å²) in [5, 5.41) is 2.66. The van der Waals surface area contributed by atoms with E-state index in [0.29, 0.717) is 0 Å². The van der Waals surface area contributed by atoms with Gasteiger partial charge < -0.3 is 14.9 Å². The maximum atomic E-state index is 3.25. The maximum Gasteiger partial charge on any atom is 4.00 e. The molecule has 0 nitrogen and oxygen atoms in total. The van der Waals surface area contributed by atoms with Crippen LogP contribution < -0.4 is 0 Å². The molecule has 1 aliphatic rings. The number of allylic oxidation sites excluding steroid dienone is 6. The molecule has 0 fully saturated rings. The minimum Gasteiger partial charge on any atom is -0.358 e. The number of rotatable bonds is 2. The van der Waals surface area contributed by atoms with Crippen molar-refractivity contribution in [2.75, 3.05) is 0 Å². The van der Waals surface area contributed by atoms with Crippen molar-refractivity contribution in [3.05, 3.63) is 93.3 Å². The van der Waals surface area contributed by atoms with Gasteiger partial charge in [0, 0.05) is 0 Å². The molecule has 2 aromatic rings. The molecule has 0 N–H and O–H groups in total.